The van der Waals surface area contributed by atoms with Crippen molar-refractivity contribution in [1.29, 1.82) is 0 Å². The molecule has 6 nitrogen and oxygen atoms in total. The van der Waals surface area contributed by atoms with Crippen molar-refractivity contribution < 1.29 is 14.8 Å². The van der Waals surface area contributed by atoms with Crippen molar-refractivity contribution in [1.82, 2.24) is 0 Å². The Hall–Kier alpha value is -2.11. The Balaban J connectivity index is 3.38. The number of nitrogens with zero attached hydrogens (tertiary/aromatic N) is 2. The van der Waals surface area contributed by atoms with E-state index in [4.69, 9.17) is 5.11 Å². The van der Waals surface area contributed by atoms with Gasteiger partial charge in [-0.05, 0) is 32.4 Å². The van der Waals surface area contributed by atoms with Crippen LogP contribution in [0.4, 0.5) is 11.4 Å². The monoisotopic (exact) mass is 266 g/mol. The van der Waals surface area contributed by atoms with E-state index in [0.29, 0.717) is 12.2 Å². The lowest BCUT2D eigenvalue weighted by Gasteiger charge is -2.29. The van der Waals surface area contributed by atoms with Crippen molar-refractivity contribution in [3.8, 4) is 0 Å². The lowest BCUT2D eigenvalue weighted by Crippen LogP contribution is -2.33. The molecule has 1 aromatic rings. The summed E-state index contributed by atoms with van der Waals surface area (Å²) in [4.78, 5) is 23.4. The molecule has 0 aromatic heterocycles. The van der Waals surface area contributed by atoms with Crippen LogP contribution in [0.25, 0.3) is 0 Å². The number of hydrogen-bond donors (Lipinski definition) is 1. The molecule has 0 bridgehead atoms. The summed E-state index contributed by atoms with van der Waals surface area (Å²) in [6.07, 6.45) is 0.822. The molecule has 0 aliphatic heterocycles. The lowest BCUT2D eigenvalue weighted by atomic mass is 10.1. The molecule has 19 heavy (non-hydrogen) atoms. The van der Waals surface area contributed by atoms with Gasteiger partial charge < -0.3 is 10.0 Å². The van der Waals surface area contributed by atoms with Crippen LogP contribution in [0.1, 0.15) is 37.6 Å². The fourth-order valence-corrected chi connectivity index (χ4v) is 1.98. The summed E-state index contributed by atoms with van der Waals surface area (Å²) in [5, 5.41) is 20.1. The zero-order chi connectivity index (χ0) is 14.6. The van der Waals surface area contributed by atoms with Crippen LogP contribution in [0.2, 0.25) is 0 Å². The minimum Gasteiger partial charge on any atom is -0.478 e. The molecular formula is C13H18N2O4. The number of anilines is 1. The molecule has 6 heteroatoms. The standard InChI is InChI=1S/C13H18N2O4/c1-4-9(3)14(5-2)12-8-10(13(16)17)6-7-11(12)15(18)19/h6-9H,4-5H2,1-3H3,(H,16,17). The Morgan fingerprint density at radius 3 is 2.53 bits per heavy atom. The van der Waals surface area contributed by atoms with E-state index >= 15 is 0 Å². The van der Waals surface area contributed by atoms with Crippen LogP contribution in [-0.4, -0.2) is 28.6 Å². The van der Waals surface area contributed by atoms with E-state index in [0.717, 1.165) is 6.42 Å². The average molecular weight is 266 g/mol. The van der Waals surface area contributed by atoms with Gasteiger partial charge in [-0.3, -0.25) is 10.1 Å². The first-order valence-electron chi connectivity index (χ1n) is 6.20. The first-order valence-corrected chi connectivity index (χ1v) is 6.20. The van der Waals surface area contributed by atoms with E-state index in [1.54, 1.807) is 0 Å². The maximum atomic E-state index is 11.1. The number of benzene rings is 1. The number of nitro groups is 1. The number of carbonyl (C=O) groups is 1. The number of carboxylic acid groups (broad SMARTS) is 1. The van der Waals surface area contributed by atoms with Gasteiger partial charge >= 0.3 is 5.97 Å². The SMILES string of the molecule is CCC(C)N(CC)c1cc(C(=O)O)ccc1[N+](=O)[O-]. The number of carboxylic acids is 1. The van der Waals surface area contributed by atoms with Crippen molar-refractivity contribution in [3.63, 3.8) is 0 Å². The Labute approximate surface area is 111 Å². The highest BCUT2D eigenvalue weighted by Crippen LogP contribution is 2.31. The molecule has 0 heterocycles. The molecule has 1 rings (SSSR count). The molecule has 0 saturated carbocycles. The molecule has 0 fully saturated rings. The van der Waals surface area contributed by atoms with Gasteiger partial charge in [0.2, 0.25) is 0 Å². The molecule has 104 valence electrons. The topological polar surface area (TPSA) is 83.7 Å². The van der Waals surface area contributed by atoms with Gasteiger partial charge in [-0.15, -0.1) is 0 Å². The van der Waals surface area contributed by atoms with Gasteiger partial charge in [-0.1, -0.05) is 6.92 Å². The van der Waals surface area contributed by atoms with E-state index in [2.05, 4.69) is 0 Å². The predicted octanol–water partition coefficient (Wildman–Crippen LogP) is 2.92. The smallest absolute Gasteiger partial charge is 0.335 e. The Bertz CT molecular complexity index is 488. The first-order chi connectivity index (χ1) is 8.92. The molecule has 0 spiro atoms. The first kappa shape index (κ1) is 14.9. The molecule has 0 saturated heterocycles. The van der Waals surface area contributed by atoms with E-state index in [1.165, 1.54) is 18.2 Å². The summed E-state index contributed by atoms with van der Waals surface area (Å²) in [5.41, 5.74) is 0.358. The van der Waals surface area contributed by atoms with Crippen LogP contribution >= 0.6 is 0 Å². The van der Waals surface area contributed by atoms with E-state index in [1.807, 2.05) is 25.7 Å². The lowest BCUT2D eigenvalue weighted by molar-refractivity contribution is -0.384. The van der Waals surface area contributed by atoms with Crippen molar-refractivity contribution in [3.05, 3.63) is 33.9 Å². The maximum absolute atomic E-state index is 11.1. The molecule has 1 atom stereocenters. The second kappa shape index (κ2) is 6.17. The fourth-order valence-electron chi connectivity index (χ4n) is 1.98. The Kier molecular flexibility index (Phi) is 4.86. The summed E-state index contributed by atoms with van der Waals surface area (Å²) in [6.45, 7) is 6.42. The van der Waals surface area contributed by atoms with Gasteiger partial charge in [0.25, 0.3) is 5.69 Å². The van der Waals surface area contributed by atoms with Gasteiger partial charge in [-0.2, -0.15) is 0 Å². The van der Waals surface area contributed by atoms with Gasteiger partial charge in [0.05, 0.1) is 10.5 Å². The third-order valence-corrected chi connectivity index (χ3v) is 3.19. The minimum atomic E-state index is -1.09. The summed E-state index contributed by atoms with van der Waals surface area (Å²) < 4.78 is 0. The van der Waals surface area contributed by atoms with Gasteiger partial charge in [-0.25, -0.2) is 4.79 Å². The van der Waals surface area contributed by atoms with Gasteiger partial charge in [0.15, 0.2) is 0 Å². The minimum absolute atomic E-state index is 0.0577. The Morgan fingerprint density at radius 1 is 1.47 bits per heavy atom. The molecular weight excluding hydrogens is 248 g/mol. The van der Waals surface area contributed by atoms with Crippen LogP contribution in [0.15, 0.2) is 18.2 Å². The molecule has 0 aliphatic rings. The fraction of sp³-hybridized carbons (Fsp3) is 0.462. The summed E-state index contributed by atoms with van der Waals surface area (Å²) in [6, 6.07) is 3.99. The molecule has 1 N–H and O–H groups in total. The van der Waals surface area contributed by atoms with Crippen molar-refractivity contribution in [2.24, 2.45) is 0 Å². The highest BCUT2D eigenvalue weighted by molar-refractivity contribution is 5.90. The van der Waals surface area contributed by atoms with Crippen molar-refractivity contribution in [2.75, 3.05) is 11.4 Å². The van der Waals surface area contributed by atoms with Crippen molar-refractivity contribution in [2.45, 2.75) is 33.2 Å². The van der Waals surface area contributed by atoms with Gasteiger partial charge in [0.1, 0.15) is 5.69 Å². The molecule has 0 radical (unpaired) electrons. The van der Waals surface area contributed by atoms with Crippen LogP contribution in [0, 0.1) is 10.1 Å². The Morgan fingerprint density at radius 2 is 2.11 bits per heavy atom. The maximum Gasteiger partial charge on any atom is 0.335 e. The van der Waals surface area contributed by atoms with Crippen LogP contribution in [-0.2, 0) is 0 Å². The van der Waals surface area contributed by atoms with Crippen LogP contribution < -0.4 is 4.90 Å². The molecule has 0 amide bonds. The quantitative estimate of drug-likeness (QED) is 0.632. The predicted molar refractivity (Wildman–Crippen MR) is 72.8 cm³/mol. The third kappa shape index (κ3) is 3.21. The highest BCUT2D eigenvalue weighted by atomic mass is 16.6. The van der Waals surface area contributed by atoms with Crippen LogP contribution in [0.5, 0.6) is 0 Å². The zero-order valence-corrected chi connectivity index (χ0v) is 11.3. The summed E-state index contributed by atoms with van der Waals surface area (Å²) in [7, 11) is 0. The number of aromatic carboxylic acids is 1. The number of rotatable bonds is 6. The largest absolute Gasteiger partial charge is 0.478 e. The molecule has 0 aliphatic carbocycles. The number of hydrogen-bond acceptors (Lipinski definition) is 4. The average Bonchev–Trinajstić information content (AvgIpc) is 2.38. The third-order valence-electron chi connectivity index (χ3n) is 3.19. The van der Waals surface area contributed by atoms with E-state index in [-0.39, 0.29) is 17.3 Å². The molecule has 1 aromatic carbocycles. The normalized spacial score (nSPS) is 11.9. The second-order valence-electron chi connectivity index (χ2n) is 4.31. The van der Waals surface area contributed by atoms with Crippen molar-refractivity contribution >= 4 is 17.3 Å². The molecule has 1 unspecified atom stereocenters. The van der Waals surface area contributed by atoms with E-state index < -0.39 is 10.9 Å². The van der Waals surface area contributed by atoms with E-state index in [9.17, 15) is 14.9 Å². The number of nitro benzene ring substituents is 1. The summed E-state index contributed by atoms with van der Waals surface area (Å²) >= 11 is 0. The second-order valence-corrected chi connectivity index (χ2v) is 4.31. The summed E-state index contributed by atoms with van der Waals surface area (Å²) in [5.74, 6) is -1.09. The van der Waals surface area contributed by atoms with Crippen LogP contribution in [0.3, 0.4) is 0 Å². The zero-order valence-electron chi connectivity index (χ0n) is 11.3. The van der Waals surface area contributed by atoms with Gasteiger partial charge in [0, 0.05) is 18.7 Å². The highest BCUT2D eigenvalue weighted by Gasteiger charge is 2.23.